The van der Waals surface area contributed by atoms with Crippen LogP contribution in [-0.2, 0) is 12.6 Å². The van der Waals surface area contributed by atoms with Crippen molar-refractivity contribution in [3.05, 3.63) is 34.9 Å². The van der Waals surface area contributed by atoms with E-state index in [0.717, 1.165) is 30.5 Å². The summed E-state index contributed by atoms with van der Waals surface area (Å²) in [4.78, 5) is 2.49. The van der Waals surface area contributed by atoms with Gasteiger partial charge in [-0.05, 0) is 68.2 Å². The second-order valence-corrected chi connectivity index (χ2v) is 7.29. The highest BCUT2D eigenvalue weighted by Crippen LogP contribution is 2.46. The largest absolute Gasteiger partial charge is 0.416 e. The Bertz CT molecular complexity index is 550. The van der Waals surface area contributed by atoms with E-state index in [2.05, 4.69) is 25.7 Å². The molecule has 22 heavy (non-hydrogen) atoms. The summed E-state index contributed by atoms with van der Waals surface area (Å²) in [6.45, 7) is 7.70. The van der Waals surface area contributed by atoms with E-state index < -0.39 is 11.7 Å². The summed E-state index contributed by atoms with van der Waals surface area (Å²) in [5, 5.41) is 0. The number of aryl methyl sites for hydroxylation is 1. The second-order valence-electron chi connectivity index (χ2n) is 7.29. The minimum absolute atomic E-state index is 0.294. The van der Waals surface area contributed by atoms with Gasteiger partial charge in [-0.25, -0.2) is 0 Å². The lowest BCUT2D eigenvalue weighted by atomic mass is 9.72. The Hall–Kier alpha value is -1.03. The zero-order valence-electron chi connectivity index (χ0n) is 13.5. The molecule has 0 bridgehead atoms. The number of rotatable bonds is 1. The predicted octanol–water partition coefficient (Wildman–Crippen LogP) is 5.06. The highest BCUT2D eigenvalue weighted by atomic mass is 19.4. The van der Waals surface area contributed by atoms with Crippen molar-refractivity contribution in [1.29, 1.82) is 0 Å². The fourth-order valence-corrected chi connectivity index (χ4v) is 4.33. The lowest BCUT2D eigenvalue weighted by Gasteiger charge is -2.49. The van der Waals surface area contributed by atoms with Crippen LogP contribution in [0.15, 0.2) is 18.2 Å². The van der Waals surface area contributed by atoms with Crippen LogP contribution in [0.5, 0.6) is 0 Å². The Morgan fingerprint density at radius 3 is 2.59 bits per heavy atom. The van der Waals surface area contributed by atoms with Crippen LogP contribution in [-0.4, -0.2) is 17.5 Å². The molecule has 1 aromatic carbocycles. The molecule has 3 atom stereocenters. The number of likely N-dealkylation sites (tertiary alicyclic amines) is 1. The molecule has 122 valence electrons. The van der Waals surface area contributed by atoms with Gasteiger partial charge in [0.1, 0.15) is 0 Å². The van der Waals surface area contributed by atoms with Crippen LogP contribution in [0.2, 0.25) is 0 Å². The Morgan fingerprint density at radius 1 is 1.23 bits per heavy atom. The first-order valence-corrected chi connectivity index (χ1v) is 8.23. The maximum absolute atomic E-state index is 12.9. The summed E-state index contributed by atoms with van der Waals surface area (Å²) in [5.74, 6) is 1.25. The first kappa shape index (κ1) is 15.9. The van der Waals surface area contributed by atoms with Crippen molar-refractivity contribution in [3.63, 3.8) is 0 Å². The molecule has 1 fully saturated rings. The maximum Gasteiger partial charge on any atom is 0.416 e. The summed E-state index contributed by atoms with van der Waals surface area (Å²) in [6.07, 6.45) is -1.27. The van der Waals surface area contributed by atoms with E-state index in [1.807, 2.05) is 0 Å². The third kappa shape index (κ3) is 2.78. The van der Waals surface area contributed by atoms with Gasteiger partial charge in [-0.15, -0.1) is 0 Å². The van der Waals surface area contributed by atoms with Crippen LogP contribution >= 0.6 is 0 Å². The third-order valence-electron chi connectivity index (χ3n) is 5.27. The molecule has 0 saturated carbocycles. The zero-order chi connectivity index (χ0) is 16.1. The Labute approximate surface area is 130 Å². The SMILES string of the molecule is CC1CC2CCc3cc(C(F)(F)F)ccc3C2N(C(C)C)C1. The molecule has 0 spiro atoms. The molecule has 1 aromatic rings. The smallest absolute Gasteiger partial charge is 0.293 e. The Morgan fingerprint density at radius 2 is 1.95 bits per heavy atom. The van der Waals surface area contributed by atoms with Gasteiger partial charge in [-0.2, -0.15) is 13.2 Å². The van der Waals surface area contributed by atoms with Crippen LogP contribution < -0.4 is 0 Å². The maximum atomic E-state index is 12.9. The number of hydrogen-bond donors (Lipinski definition) is 0. The predicted molar refractivity (Wildman–Crippen MR) is 81.6 cm³/mol. The van der Waals surface area contributed by atoms with E-state index >= 15 is 0 Å². The molecule has 1 aliphatic heterocycles. The van der Waals surface area contributed by atoms with E-state index in [-0.39, 0.29) is 0 Å². The average Bonchev–Trinajstić information content (AvgIpc) is 2.44. The number of nitrogens with zero attached hydrogens (tertiary/aromatic N) is 1. The van der Waals surface area contributed by atoms with Gasteiger partial charge in [-0.3, -0.25) is 4.90 Å². The lowest BCUT2D eigenvalue weighted by Crippen LogP contribution is -2.47. The van der Waals surface area contributed by atoms with Crippen LogP contribution in [0.1, 0.15) is 56.3 Å². The van der Waals surface area contributed by atoms with Crippen molar-refractivity contribution in [2.75, 3.05) is 6.54 Å². The van der Waals surface area contributed by atoms with E-state index in [4.69, 9.17) is 0 Å². The molecule has 0 N–H and O–H groups in total. The standard InChI is InChI=1S/C18H24F3N/c1-11(2)22-10-12(3)8-14-5-4-13-9-15(18(19,20)21)6-7-16(13)17(14)22/h6-7,9,11-12,14,17H,4-5,8,10H2,1-3H3. The molecule has 1 heterocycles. The van der Waals surface area contributed by atoms with E-state index in [0.29, 0.717) is 23.9 Å². The minimum atomic E-state index is -4.25. The van der Waals surface area contributed by atoms with Gasteiger partial charge >= 0.3 is 6.18 Å². The fourth-order valence-electron chi connectivity index (χ4n) is 4.33. The molecule has 1 nitrogen and oxygen atoms in total. The molecule has 0 amide bonds. The van der Waals surface area contributed by atoms with Crippen LogP contribution in [0, 0.1) is 11.8 Å². The van der Waals surface area contributed by atoms with Crippen molar-refractivity contribution in [1.82, 2.24) is 4.90 Å². The van der Waals surface area contributed by atoms with Crippen molar-refractivity contribution in [2.45, 2.75) is 58.3 Å². The molecule has 3 unspecified atom stereocenters. The topological polar surface area (TPSA) is 3.24 Å². The molecule has 3 rings (SSSR count). The number of halogens is 3. The van der Waals surface area contributed by atoms with E-state index in [1.54, 1.807) is 6.07 Å². The van der Waals surface area contributed by atoms with Gasteiger partial charge < -0.3 is 0 Å². The number of piperidine rings is 1. The summed E-state index contributed by atoms with van der Waals surface area (Å²) < 4.78 is 38.8. The number of benzene rings is 1. The minimum Gasteiger partial charge on any atom is -0.293 e. The molecule has 4 heteroatoms. The molecule has 1 aliphatic carbocycles. The summed E-state index contributed by atoms with van der Waals surface area (Å²) in [6, 6.07) is 5.09. The van der Waals surface area contributed by atoms with Crippen molar-refractivity contribution < 1.29 is 13.2 Å². The van der Waals surface area contributed by atoms with Gasteiger partial charge in [0.15, 0.2) is 0 Å². The van der Waals surface area contributed by atoms with Crippen LogP contribution in [0.25, 0.3) is 0 Å². The van der Waals surface area contributed by atoms with Gasteiger partial charge in [0.25, 0.3) is 0 Å². The molecule has 2 aliphatic rings. The van der Waals surface area contributed by atoms with Crippen LogP contribution in [0.4, 0.5) is 13.2 Å². The van der Waals surface area contributed by atoms with E-state index in [1.165, 1.54) is 18.6 Å². The molecular formula is C18H24F3N. The third-order valence-corrected chi connectivity index (χ3v) is 5.27. The Balaban J connectivity index is 2.00. The van der Waals surface area contributed by atoms with E-state index in [9.17, 15) is 13.2 Å². The summed E-state index contributed by atoms with van der Waals surface area (Å²) >= 11 is 0. The Kier molecular flexibility index (Phi) is 4.00. The van der Waals surface area contributed by atoms with Crippen molar-refractivity contribution >= 4 is 0 Å². The molecule has 1 saturated heterocycles. The first-order chi connectivity index (χ1) is 10.3. The van der Waals surface area contributed by atoms with Crippen molar-refractivity contribution in [2.24, 2.45) is 11.8 Å². The van der Waals surface area contributed by atoms with Gasteiger partial charge in [0.05, 0.1) is 5.56 Å². The average molecular weight is 311 g/mol. The summed E-state index contributed by atoms with van der Waals surface area (Å²) in [7, 11) is 0. The summed E-state index contributed by atoms with van der Waals surface area (Å²) in [5.41, 5.74) is 1.52. The fraction of sp³-hybridized carbons (Fsp3) is 0.667. The lowest BCUT2D eigenvalue weighted by molar-refractivity contribution is -0.137. The second kappa shape index (κ2) is 5.55. The molecule has 0 radical (unpaired) electrons. The van der Waals surface area contributed by atoms with Gasteiger partial charge in [-0.1, -0.05) is 13.0 Å². The quantitative estimate of drug-likeness (QED) is 0.701. The highest BCUT2D eigenvalue weighted by molar-refractivity contribution is 5.38. The first-order valence-electron chi connectivity index (χ1n) is 8.23. The number of hydrogen-bond acceptors (Lipinski definition) is 1. The molecular weight excluding hydrogens is 287 g/mol. The number of alkyl halides is 3. The van der Waals surface area contributed by atoms with Gasteiger partial charge in [0, 0.05) is 18.6 Å². The normalized spacial score (nSPS) is 29.3. The zero-order valence-corrected chi connectivity index (χ0v) is 13.5. The van der Waals surface area contributed by atoms with Crippen LogP contribution in [0.3, 0.4) is 0 Å². The monoisotopic (exact) mass is 311 g/mol. The number of fused-ring (bicyclic) bond motifs is 3. The van der Waals surface area contributed by atoms with Gasteiger partial charge in [0.2, 0.25) is 0 Å². The highest BCUT2D eigenvalue weighted by Gasteiger charge is 2.40. The van der Waals surface area contributed by atoms with Crippen molar-refractivity contribution in [3.8, 4) is 0 Å². The molecule has 0 aromatic heterocycles.